The molecule has 1 aromatic carbocycles. The van der Waals surface area contributed by atoms with Crippen molar-refractivity contribution in [3.05, 3.63) is 34.4 Å². The Morgan fingerprint density at radius 2 is 2.20 bits per heavy atom. The molecule has 15 heavy (non-hydrogen) atoms. The van der Waals surface area contributed by atoms with E-state index in [2.05, 4.69) is 57.3 Å². The second-order valence-electron chi connectivity index (χ2n) is 3.75. The average Bonchev–Trinajstić information content (AvgIpc) is 2.53. The van der Waals surface area contributed by atoms with Crippen molar-refractivity contribution in [2.45, 2.75) is 6.42 Å². The monoisotopic (exact) mass is 266 g/mol. The number of nitrogens with one attached hydrogen (secondary N) is 1. The van der Waals surface area contributed by atoms with Crippen LogP contribution >= 0.6 is 15.9 Å². The highest BCUT2D eigenvalue weighted by Gasteiger charge is 2.07. The minimum absolute atomic E-state index is 1.02. The van der Waals surface area contributed by atoms with Gasteiger partial charge < -0.3 is 9.88 Å². The molecule has 0 bridgehead atoms. The molecule has 0 aliphatic rings. The van der Waals surface area contributed by atoms with Crippen LogP contribution < -0.4 is 5.32 Å². The number of aromatic nitrogens is 1. The maximum Gasteiger partial charge on any atom is 0.0522 e. The molecular weight excluding hydrogens is 252 g/mol. The van der Waals surface area contributed by atoms with Gasteiger partial charge in [0.1, 0.15) is 0 Å². The van der Waals surface area contributed by atoms with E-state index in [4.69, 9.17) is 0 Å². The first-order chi connectivity index (χ1) is 7.24. The third-order valence-corrected chi connectivity index (χ3v) is 3.31. The predicted molar refractivity (Wildman–Crippen MR) is 68.2 cm³/mol. The predicted octanol–water partition coefficient (Wildman–Crippen LogP) is 2.70. The van der Waals surface area contributed by atoms with Crippen LogP contribution in [-0.4, -0.2) is 18.2 Å². The van der Waals surface area contributed by atoms with E-state index in [1.54, 1.807) is 0 Å². The van der Waals surface area contributed by atoms with Crippen LogP contribution in [0.25, 0.3) is 10.9 Å². The zero-order valence-electron chi connectivity index (χ0n) is 9.05. The van der Waals surface area contributed by atoms with Gasteiger partial charge in [0.2, 0.25) is 0 Å². The molecule has 0 amide bonds. The topological polar surface area (TPSA) is 17.0 Å². The van der Waals surface area contributed by atoms with Crippen LogP contribution in [0.1, 0.15) is 5.56 Å². The third-order valence-electron chi connectivity index (χ3n) is 2.68. The molecule has 0 aliphatic heterocycles. The minimum atomic E-state index is 1.02. The third kappa shape index (κ3) is 1.94. The molecule has 1 N–H and O–H groups in total. The van der Waals surface area contributed by atoms with Crippen molar-refractivity contribution in [3.8, 4) is 0 Å². The van der Waals surface area contributed by atoms with E-state index in [0.717, 1.165) is 13.0 Å². The van der Waals surface area contributed by atoms with Gasteiger partial charge in [-0.2, -0.15) is 0 Å². The fourth-order valence-electron chi connectivity index (χ4n) is 1.97. The normalized spacial score (nSPS) is 11.1. The van der Waals surface area contributed by atoms with Crippen molar-refractivity contribution in [2.75, 3.05) is 13.6 Å². The molecule has 80 valence electrons. The smallest absolute Gasteiger partial charge is 0.0522 e. The Bertz CT molecular complexity index is 474. The van der Waals surface area contributed by atoms with E-state index in [0.29, 0.717) is 0 Å². The summed E-state index contributed by atoms with van der Waals surface area (Å²) >= 11 is 3.58. The molecule has 1 heterocycles. The van der Waals surface area contributed by atoms with Crippen molar-refractivity contribution in [3.63, 3.8) is 0 Å². The SMILES string of the molecule is CNCCc1cccc2c(Br)cn(C)c12. The fourth-order valence-corrected chi connectivity index (χ4v) is 2.59. The van der Waals surface area contributed by atoms with Crippen molar-refractivity contribution < 1.29 is 0 Å². The van der Waals surface area contributed by atoms with Gasteiger partial charge in [-0.15, -0.1) is 0 Å². The zero-order chi connectivity index (χ0) is 10.8. The minimum Gasteiger partial charge on any atom is -0.349 e. The Morgan fingerprint density at radius 1 is 1.40 bits per heavy atom. The van der Waals surface area contributed by atoms with Crippen LogP contribution in [0.3, 0.4) is 0 Å². The van der Waals surface area contributed by atoms with Gasteiger partial charge in [0, 0.05) is 23.1 Å². The lowest BCUT2D eigenvalue weighted by molar-refractivity contribution is 0.791. The van der Waals surface area contributed by atoms with Crippen LogP contribution in [0.2, 0.25) is 0 Å². The molecule has 0 fully saturated rings. The van der Waals surface area contributed by atoms with Crippen molar-refractivity contribution in [1.29, 1.82) is 0 Å². The summed E-state index contributed by atoms with van der Waals surface area (Å²) in [5.74, 6) is 0. The summed E-state index contributed by atoms with van der Waals surface area (Å²) in [7, 11) is 4.08. The number of para-hydroxylation sites is 1. The van der Waals surface area contributed by atoms with Crippen LogP contribution in [0, 0.1) is 0 Å². The lowest BCUT2D eigenvalue weighted by Gasteiger charge is -2.05. The van der Waals surface area contributed by atoms with Gasteiger partial charge in [-0.3, -0.25) is 0 Å². The maximum atomic E-state index is 3.58. The second kappa shape index (κ2) is 4.37. The number of rotatable bonds is 3. The fraction of sp³-hybridized carbons (Fsp3) is 0.333. The lowest BCUT2D eigenvalue weighted by atomic mass is 10.1. The first-order valence-electron chi connectivity index (χ1n) is 5.11. The Morgan fingerprint density at radius 3 is 2.93 bits per heavy atom. The quantitative estimate of drug-likeness (QED) is 0.904. The standard InChI is InChI=1S/C12H15BrN2/c1-14-7-6-9-4-3-5-10-11(13)8-15(2)12(9)10/h3-5,8,14H,6-7H2,1-2H3. The molecular formula is C12H15BrN2. The van der Waals surface area contributed by atoms with Gasteiger partial charge >= 0.3 is 0 Å². The van der Waals surface area contributed by atoms with Crippen LogP contribution in [-0.2, 0) is 13.5 Å². The molecule has 3 heteroatoms. The van der Waals surface area contributed by atoms with E-state index in [-0.39, 0.29) is 0 Å². The highest BCUT2D eigenvalue weighted by Crippen LogP contribution is 2.28. The van der Waals surface area contributed by atoms with Crippen LogP contribution in [0.5, 0.6) is 0 Å². The Hall–Kier alpha value is -0.800. The summed E-state index contributed by atoms with van der Waals surface area (Å²) in [5.41, 5.74) is 2.73. The van der Waals surface area contributed by atoms with E-state index in [1.807, 2.05) is 7.05 Å². The molecule has 0 radical (unpaired) electrons. The number of nitrogens with zero attached hydrogens (tertiary/aromatic N) is 1. The summed E-state index contributed by atoms with van der Waals surface area (Å²) < 4.78 is 3.36. The van der Waals surface area contributed by atoms with Crippen molar-refractivity contribution in [2.24, 2.45) is 7.05 Å². The van der Waals surface area contributed by atoms with Gasteiger partial charge in [0.25, 0.3) is 0 Å². The van der Waals surface area contributed by atoms with E-state index < -0.39 is 0 Å². The summed E-state index contributed by atoms with van der Waals surface area (Å²) in [4.78, 5) is 0. The largest absolute Gasteiger partial charge is 0.349 e. The number of likely N-dealkylation sites (N-methyl/N-ethyl adjacent to an activating group) is 1. The highest BCUT2D eigenvalue weighted by atomic mass is 79.9. The van der Waals surface area contributed by atoms with Crippen LogP contribution in [0.15, 0.2) is 28.9 Å². The molecule has 0 aliphatic carbocycles. The molecule has 0 saturated heterocycles. The van der Waals surface area contributed by atoms with Gasteiger partial charge in [-0.1, -0.05) is 18.2 Å². The van der Waals surface area contributed by atoms with E-state index in [1.165, 1.54) is 20.9 Å². The molecule has 2 rings (SSSR count). The Labute approximate surface area is 98.4 Å². The van der Waals surface area contributed by atoms with Crippen LogP contribution in [0.4, 0.5) is 0 Å². The molecule has 0 saturated carbocycles. The van der Waals surface area contributed by atoms with Gasteiger partial charge in [0.05, 0.1) is 5.52 Å². The first-order valence-corrected chi connectivity index (χ1v) is 5.90. The van der Waals surface area contributed by atoms with Crippen molar-refractivity contribution >= 4 is 26.8 Å². The number of aryl methyl sites for hydroxylation is 1. The molecule has 0 spiro atoms. The molecule has 0 unspecified atom stereocenters. The summed E-state index contributed by atoms with van der Waals surface area (Å²) in [5, 5.41) is 4.48. The van der Waals surface area contributed by atoms with E-state index >= 15 is 0 Å². The Kier molecular flexibility index (Phi) is 3.12. The second-order valence-corrected chi connectivity index (χ2v) is 4.61. The number of halogens is 1. The molecule has 2 aromatic rings. The Balaban J connectivity index is 2.54. The highest BCUT2D eigenvalue weighted by molar-refractivity contribution is 9.10. The summed E-state index contributed by atoms with van der Waals surface area (Å²) in [6, 6.07) is 6.48. The zero-order valence-corrected chi connectivity index (χ0v) is 10.6. The van der Waals surface area contributed by atoms with Gasteiger partial charge in [0.15, 0.2) is 0 Å². The first kappa shape index (κ1) is 10.7. The molecule has 2 nitrogen and oxygen atoms in total. The number of benzene rings is 1. The van der Waals surface area contributed by atoms with Crippen molar-refractivity contribution in [1.82, 2.24) is 9.88 Å². The van der Waals surface area contributed by atoms with Gasteiger partial charge in [-0.25, -0.2) is 0 Å². The number of hydrogen-bond donors (Lipinski definition) is 1. The van der Waals surface area contributed by atoms with Gasteiger partial charge in [-0.05, 0) is 41.5 Å². The number of fused-ring (bicyclic) bond motifs is 1. The lowest BCUT2D eigenvalue weighted by Crippen LogP contribution is -2.10. The summed E-state index contributed by atoms with van der Waals surface area (Å²) in [6.45, 7) is 1.02. The summed E-state index contributed by atoms with van der Waals surface area (Å²) in [6.07, 6.45) is 3.19. The molecule has 1 aromatic heterocycles. The molecule has 0 atom stereocenters. The van der Waals surface area contributed by atoms with E-state index in [9.17, 15) is 0 Å². The average molecular weight is 267 g/mol. The maximum absolute atomic E-state index is 3.58. The number of hydrogen-bond acceptors (Lipinski definition) is 1.